The number of nitrogens with zero attached hydrogens (tertiary/aromatic N) is 1. The molecule has 1 amide bonds. The second-order valence-electron chi connectivity index (χ2n) is 4.90. The minimum Gasteiger partial charge on any atom is -0.504 e. The lowest BCUT2D eigenvalue weighted by Gasteiger charge is -2.13. The van der Waals surface area contributed by atoms with Gasteiger partial charge in [-0.15, -0.1) is 0 Å². The van der Waals surface area contributed by atoms with Crippen molar-refractivity contribution in [3.05, 3.63) is 63.6 Å². The number of benzene rings is 2. The van der Waals surface area contributed by atoms with Crippen LogP contribution >= 0.6 is 34.8 Å². The number of phenolic OH excluding ortho intramolecular Hbond substituents is 1. The van der Waals surface area contributed by atoms with Gasteiger partial charge in [-0.3, -0.25) is 4.79 Å². The van der Waals surface area contributed by atoms with E-state index in [0.29, 0.717) is 5.02 Å². The van der Waals surface area contributed by atoms with Crippen LogP contribution in [0, 0.1) is 0 Å². The molecule has 128 valence electrons. The van der Waals surface area contributed by atoms with E-state index < -0.39 is 5.91 Å². The summed E-state index contributed by atoms with van der Waals surface area (Å²) in [7, 11) is 0. The molecule has 3 rings (SSSR count). The average molecular weight is 399 g/mol. The third kappa shape index (κ3) is 3.99. The molecule has 0 saturated heterocycles. The summed E-state index contributed by atoms with van der Waals surface area (Å²) in [5.74, 6) is -0.306. The van der Waals surface area contributed by atoms with Crippen molar-refractivity contribution in [2.45, 2.75) is 0 Å². The molecule has 0 aliphatic carbocycles. The highest BCUT2D eigenvalue weighted by Gasteiger charge is 2.15. The number of carbonyl (C=O) groups is 1. The highest BCUT2D eigenvalue weighted by Crippen LogP contribution is 2.40. The van der Waals surface area contributed by atoms with Crippen LogP contribution < -0.4 is 10.1 Å². The lowest BCUT2D eigenvalue weighted by molar-refractivity contribution is 0.102. The normalized spacial score (nSPS) is 10.5. The first-order chi connectivity index (χ1) is 11.9. The number of carbonyl (C=O) groups excluding carboxylic acids is 1. The van der Waals surface area contributed by atoms with Crippen molar-refractivity contribution < 1.29 is 14.6 Å². The topological polar surface area (TPSA) is 87.2 Å². The maximum atomic E-state index is 12.1. The third-order valence-electron chi connectivity index (χ3n) is 3.15. The van der Waals surface area contributed by atoms with E-state index in [1.165, 1.54) is 30.7 Å². The van der Waals surface area contributed by atoms with Gasteiger partial charge in [0, 0.05) is 17.2 Å². The summed E-state index contributed by atoms with van der Waals surface area (Å²) in [5.41, 5.74) is 0.506. The monoisotopic (exact) mass is 397 g/mol. The standard InChI is InChI=1S/C16H10Cl3N3O3/c17-8-1-2-14(10(19)3-8)25-15-5-11(9(18)4-13(15)23)22-16(24)12-6-20-7-21-12/h1-7,23H,(H,20,21)(H,22,24). The molecule has 0 bridgehead atoms. The number of nitrogens with one attached hydrogen (secondary N) is 2. The van der Waals surface area contributed by atoms with Crippen LogP contribution in [0.3, 0.4) is 0 Å². The first kappa shape index (κ1) is 17.4. The molecule has 0 radical (unpaired) electrons. The minimum absolute atomic E-state index is 0.0635. The van der Waals surface area contributed by atoms with Gasteiger partial charge in [-0.25, -0.2) is 4.98 Å². The fraction of sp³-hybridized carbons (Fsp3) is 0. The number of hydrogen-bond donors (Lipinski definition) is 3. The van der Waals surface area contributed by atoms with E-state index in [1.54, 1.807) is 12.1 Å². The quantitative estimate of drug-likeness (QED) is 0.532. The van der Waals surface area contributed by atoms with Crippen molar-refractivity contribution in [3.63, 3.8) is 0 Å². The lowest BCUT2D eigenvalue weighted by Crippen LogP contribution is -2.12. The Labute approximate surface area is 157 Å². The summed E-state index contributed by atoms with van der Waals surface area (Å²) >= 11 is 18.0. The second kappa shape index (κ2) is 7.23. The largest absolute Gasteiger partial charge is 0.504 e. The van der Waals surface area contributed by atoms with Gasteiger partial charge in [-0.05, 0) is 18.2 Å². The Bertz CT molecular complexity index is 930. The van der Waals surface area contributed by atoms with E-state index in [4.69, 9.17) is 39.5 Å². The number of aromatic hydroxyl groups is 1. The Balaban J connectivity index is 1.88. The van der Waals surface area contributed by atoms with Gasteiger partial charge in [0.2, 0.25) is 0 Å². The number of H-pyrrole nitrogens is 1. The SMILES string of the molecule is O=C(Nc1cc(Oc2ccc(Cl)cc2Cl)c(O)cc1Cl)c1cnc[nH]1. The molecule has 0 fully saturated rings. The number of amides is 1. The van der Waals surface area contributed by atoms with Gasteiger partial charge in [0.15, 0.2) is 11.5 Å². The number of aromatic nitrogens is 2. The molecule has 6 nitrogen and oxygen atoms in total. The van der Waals surface area contributed by atoms with Gasteiger partial charge in [0.05, 0.1) is 28.3 Å². The number of anilines is 1. The number of hydrogen-bond acceptors (Lipinski definition) is 4. The number of rotatable bonds is 4. The molecule has 1 heterocycles. The molecule has 3 aromatic rings. The molecule has 3 N–H and O–H groups in total. The van der Waals surface area contributed by atoms with Crippen LogP contribution in [-0.2, 0) is 0 Å². The van der Waals surface area contributed by atoms with Gasteiger partial charge in [-0.1, -0.05) is 34.8 Å². The molecule has 0 unspecified atom stereocenters. The van der Waals surface area contributed by atoms with Crippen LogP contribution in [0.5, 0.6) is 17.2 Å². The van der Waals surface area contributed by atoms with Crippen LogP contribution in [0.25, 0.3) is 0 Å². The number of ether oxygens (including phenoxy) is 1. The first-order valence-electron chi connectivity index (χ1n) is 6.89. The van der Waals surface area contributed by atoms with Crippen molar-refractivity contribution >= 4 is 46.4 Å². The van der Waals surface area contributed by atoms with Crippen molar-refractivity contribution in [2.24, 2.45) is 0 Å². The number of imidazole rings is 1. The van der Waals surface area contributed by atoms with Crippen molar-refractivity contribution in [3.8, 4) is 17.2 Å². The molecular formula is C16H10Cl3N3O3. The predicted molar refractivity (Wildman–Crippen MR) is 96.2 cm³/mol. The van der Waals surface area contributed by atoms with Crippen LogP contribution in [0.4, 0.5) is 5.69 Å². The van der Waals surface area contributed by atoms with E-state index in [0.717, 1.165) is 0 Å². The fourth-order valence-electron chi connectivity index (χ4n) is 1.97. The lowest BCUT2D eigenvalue weighted by atomic mass is 10.2. The minimum atomic E-state index is -0.444. The summed E-state index contributed by atoms with van der Waals surface area (Å²) < 4.78 is 5.59. The Morgan fingerprint density at radius 2 is 1.92 bits per heavy atom. The van der Waals surface area contributed by atoms with Crippen molar-refractivity contribution in [2.75, 3.05) is 5.32 Å². The Hall–Kier alpha value is -2.41. The van der Waals surface area contributed by atoms with Crippen molar-refractivity contribution in [1.82, 2.24) is 9.97 Å². The molecule has 2 aromatic carbocycles. The maximum Gasteiger partial charge on any atom is 0.273 e. The maximum absolute atomic E-state index is 12.1. The Morgan fingerprint density at radius 3 is 2.60 bits per heavy atom. The fourth-order valence-corrected chi connectivity index (χ4v) is 2.62. The number of aromatic amines is 1. The highest BCUT2D eigenvalue weighted by molar-refractivity contribution is 6.35. The zero-order chi connectivity index (χ0) is 18.0. The van der Waals surface area contributed by atoms with E-state index >= 15 is 0 Å². The molecule has 9 heteroatoms. The van der Waals surface area contributed by atoms with Gasteiger partial charge < -0.3 is 20.1 Å². The first-order valence-corrected chi connectivity index (χ1v) is 8.02. The summed E-state index contributed by atoms with van der Waals surface area (Å²) in [4.78, 5) is 18.5. The van der Waals surface area contributed by atoms with E-state index in [1.807, 2.05) is 0 Å². The second-order valence-corrected chi connectivity index (χ2v) is 6.15. The summed E-state index contributed by atoms with van der Waals surface area (Å²) in [6.07, 6.45) is 2.75. The molecule has 0 spiro atoms. The molecule has 0 saturated carbocycles. The average Bonchev–Trinajstić information content (AvgIpc) is 3.08. The van der Waals surface area contributed by atoms with Crippen LogP contribution in [0.15, 0.2) is 42.9 Å². The van der Waals surface area contributed by atoms with Gasteiger partial charge >= 0.3 is 0 Å². The molecular weight excluding hydrogens is 389 g/mol. The smallest absolute Gasteiger partial charge is 0.273 e. The zero-order valence-electron chi connectivity index (χ0n) is 12.4. The van der Waals surface area contributed by atoms with Gasteiger partial charge in [0.25, 0.3) is 5.91 Å². The third-order valence-corrected chi connectivity index (χ3v) is 4.00. The molecule has 0 atom stereocenters. The molecule has 0 aliphatic heterocycles. The van der Waals surface area contributed by atoms with Crippen LogP contribution in [-0.4, -0.2) is 21.0 Å². The molecule has 25 heavy (non-hydrogen) atoms. The van der Waals surface area contributed by atoms with Gasteiger partial charge in [-0.2, -0.15) is 0 Å². The van der Waals surface area contributed by atoms with E-state index in [2.05, 4.69) is 15.3 Å². The highest BCUT2D eigenvalue weighted by atomic mass is 35.5. The van der Waals surface area contributed by atoms with Crippen LogP contribution in [0.2, 0.25) is 15.1 Å². The number of halogens is 3. The number of phenols is 1. The summed E-state index contributed by atoms with van der Waals surface area (Å²) in [6, 6.07) is 7.30. The molecule has 0 aliphatic rings. The summed E-state index contributed by atoms with van der Waals surface area (Å²) in [5, 5.41) is 13.5. The predicted octanol–water partition coefficient (Wildman–Crippen LogP) is 5.12. The van der Waals surface area contributed by atoms with E-state index in [9.17, 15) is 9.90 Å². The Kier molecular flexibility index (Phi) is 5.03. The van der Waals surface area contributed by atoms with Crippen LogP contribution in [0.1, 0.15) is 10.5 Å². The van der Waals surface area contributed by atoms with Gasteiger partial charge in [0.1, 0.15) is 11.4 Å². The molecule has 1 aromatic heterocycles. The summed E-state index contributed by atoms with van der Waals surface area (Å²) in [6.45, 7) is 0. The van der Waals surface area contributed by atoms with E-state index in [-0.39, 0.29) is 38.7 Å². The Morgan fingerprint density at radius 1 is 1.12 bits per heavy atom. The zero-order valence-corrected chi connectivity index (χ0v) is 14.7. The van der Waals surface area contributed by atoms with Crippen molar-refractivity contribution in [1.29, 1.82) is 0 Å².